The van der Waals surface area contributed by atoms with Crippen molar-refractivity contribution in [1.82, 2.24) is 19.4 Å². The van der Waals surface area contributed by atoms with Gasteiger partial charge in [0.05, 0.1) is 40.9 Å². The third kappa shape index (κ3) is 6.25. The summed E-state index contributed by atoms with van der Waals surface area (Å²) >= 11 is 13.2. The zero-order valence-corrected chi connectivity index (χ0v) is 27.7. The number of likely N-dealkylation sites (N-methyl/N-ethyl adjacent to an activating group) is 1. The third-order valence-corrected chi connectivity index (χ3v) is 9.08. The first-order valence-corrected chi connectivity index (χ1v) is 15.5. The number of benzene rings is 1. The predicted octanol–water partition coefficient (Wildman–Crippen LogP) is 4.20. The molecule has 2 aliphatic heterocycles. The molecule has 1 N–H and O–H groups in total. The lowest BCUT2D eigenvalue weighted by atomic mass is 10.1. The van der Waals surface area contributed by atoms with Crippen LogP contribution >= 0.6 is 23.2 Å². The van der Waals surface area contributed by atoms with Crippen LogP contribution in [0, 0.1) is 0 Å². The van der Waals surface area contributed by atoms with E-state index in [2.05, 4.69) is 39.0 Å². The minimum absolute atomic E-state index is 0.0950. The molecule has 0 aliphatic carbocycles. The Labute approximate surface area is 280 Å². The van der Waals surface area contributed by atoms with E-state index in [1.54, 1.807) is 29.0 Å². The lowest BCUT2D eigenvalue weighted by Crippen LogP contribution is -2.57. The summed E-state index contributed by atoms with van der Waals surface area (Å²) in [5.74, 6) is 0.0168. The van der Waals surface area contributed by atoms with Crippen molar-refractivity contribution in [2.24, 2.45) is 5.16 Å². The van der Waals surface area contributed by atoms with Gasteiger partial charge in [0.2, 0.25) is 17.2 Å². The summed E-state index contributed by atoms with van der Waals surface area (Å²) in [7, 11) is 7.07. The molecule has 4 aromatic rings. The van der Waals surface area contributed by atoms with Crippen LogP contribution in [0.1, 0.15) is 16.8 Å². The normalized spacial score (nSPS) is 17.4. The molecule has 0 bridgehead atoms. The van der Waals surface area contributed by atoms with E-state index in [0.717, 1.165) is 18.9 Å². The largest absolute Gasteiger partial charge is 0.481 e. The molecule has 0 saturated carbocycles. The highest BCUT2D eigenvalue weighted by Crippen LogP contribution is 2.36. The van der Waals surface area contributed by atoms with Crippen LogP contribution in [-0.4, -0.2) is 103 Å². The number of halogens is 2. The second kappa shape index (κ2) is 13.3. The number of aromatic nitrogens is 3. The van der Waals surface area contributed by atoms with Gasteiger partial charge < -0.3 is 38.7 Å². The number of aromatic carboxylic acids is 1. The highest BCUT2D eigenvalue weighted by Gasteiger charge is 2.35. The SMILES string of the molecule is CO/N=C1\CCN(c2cc3c(cc2Cl)c(=O)c(C(=O)O)cn3-c2ccc(N3CC(N(C)C)C3)nc2)C1COc1nc(OC)ccc1Cl. The van der Waals surface area contributed by atoms with Gasteiger partial charge in [0.1, 0.15) is 36.2 Å². The summed E-state index contributed by atoms with van der Waals surface area (Å²) in [6.07, 6.45) is 3.55. The van der Waals surface area contributed by atoms with Gasteiger partial charge in [0.25, 0.3) is 0 Å². The maximum atomic E-state index is 13.4. The zero-order chi connectivity index (χ0) is 33.4. The molecule has 1 atom stereocenters. The molecular weight excluding hydrogens is 649 g/mol. The molecule has 6 rings (SSSR count). The van der Waals surface area contributed by atoms with Crippen molar-refractivity contribution in [3.63, 3.8) is 0 Å². The van der Waals surface area contributed by atoms with Crippen molar-refractivity contribution in [1.29, 1.82) is 0 Å². The van der Waals surface area contributed by atoms with Gasteiger partial charge in [-0.25, -0.2) is 9.78 Å². The van der Waals surface area contributed by atoms with E-state index in [1.807, 2.05) is 17.0 Å². The van der Waals surface area contributed by atoms with Crippen LogP contribution in [0.3, 0.4) is 0 Å². The molecule has 47 heavy (non-hydrogen) atoms. The molecule has 5 heterocycles. The molecule has 15 heteroatoms. The molecule has 0 amide bonds. The van der Waals surface area contributed by atoms with Crippen molar-refractivity contribution in [3.05, 3.63) is 74.6 Å². The number of hydrogen-bond donors (Lipinski definition) is 1. The number of methoxy groups -OCH3 is 1. The molecule has 1 unspecified atom stereocenters. The van der Waals surface area contributed by atoms with E-state index >= 15 is 0 Å². The lowest BCUT2D eigenvalue weighted by Gasteiger charge is -2.43. The number of anilines is 2. The topological polar surface area (TPSA) is 135 Å². The van der Waals surface area contributed by atoms with E-state index in [4.69, 9.17) is 37.5 Å². The Morgan fingerprint density at radius 1 is 1.13 bits per heavy atom. The minimum Gasteiger partial charge on any atom is -0.481 e. The molecule has 246 valence electrons. The molecule has 1 aromatic carbocycles. The first-order chi connectivity index (χ1) is 22.6. The van der Waals surface area contributed by atoms with E-state index in [0.29, 0.717) is 52.5 Å². The van der Waals surface area contributed by atoms with Crippen molar-refractivity contribution in [3.8, 4) is 17.4 Å². The summed E-state index contributed by atoms with van der Waals surface area (Å²) in [6, 6.07) is 10.3. The second-order valence-electron chi connectivity index (χ2n) is 11.4. The number of ether oxygens (including phenoxy) is 2. The van der Waals surface area contributed by atoms with Crippen molar-refractivity contribution < 1.29 is 24.2 Å². The number of carboxylic acid groups (broad SMARTS) is 1. The highest BCUT2D eigenvalue weighted by atomic mass is 35.5. The molecule has 2 saturated heterocycles. The maximum absolute atomic E-state index is 13.4. The van der Waals surface area contributed by atoms with Crippen LogP contribution in [0.5, 0.6) is 11.8 Å². The van der Waals surface area contributed by atoms with E-state index in [9.17, 15) is 14.7 Å². The van der Waals surface area contributed by atoms with Crippen molar-refractivity contribution in [2.45, 2.75) is 18.5 Å². The van der Waals surface area contributed by atoms with Gasteiger partial charge in [-0.15, -0.1) is 0 Å². The smallest absolute Gasteiger partial charge is 0.341 e. The average molecular weight is 683 g/mol. The van der Waals surface area contributed by atoms with Gasteiger partial charge in [0.15, 0.2) is 0 Å². The summed E-state index contributed by atoms with van der Waals surface area (Å²) in [6.45, 7) is 2.33. The van der Waals surface area contributed by atoms with Crippen molar-refractivity contribution in [2.75, 3.05) is 64.4 Å². The number of oxime groups is 1. The van der Waals surface area contributed by atoms with Crippen LogP contribution in [0.15, 0.2) is 58.7 Å². The average Bonchev–Trinajstić information content (AvgIpc) is 3.42. The first kappa shape index (κ1) is 32.4. The highest BCUT2D eigenvalue weighted by molar-refractivity contribution is 6.34. The first-order valence-electron chi connectivity index (χ1n) is 14.8. The Balaban J connectivity index is 1.40. The maximum Gasteiger partial charge on any atom is 0.341 e. The number of fused-ring (bicyclic) bond motifs is 1. The van der Waals surface area contributed by atoms with Crippen LogP contribution in [0.2, 0.25) is 10.0 Å². The predicted molar refractivity (Wildman–Crippen MR) is 180 cm³/mol. The van der Waals surface area contributed by atoms with Crippen LogP contribution < -0.4 is 24.7 Å². The summed E-state index contributed by atoms with van der Waals surface area (Å²) in [4.78, 5) is 46.0. The molecular formula is C32H33Cl2N7O6. The van der Waals surface area contributed by atoms with Gasteiger partial charge in [0, 0.05) is 49.7 Å². The summed E-state index contributed by atoms with van der Waals surface area (Å²) in [5, 5.41) is 14.9. The van der Waals surface area contributed by atoms with Gasteiger partial charge in [-0.1, -0.05) is 28.4 Å². The minimum atomic E-state index is -1.34. The molecule has 2 aliphatic rings. The van der Waals surface area contributed by atoms with Crippen molar-refractivity contribution >= 4 is 57.3 Å². The molecule has 2 fully saturated rings. The Bertz CT molecular complexity index is 1910. The number of rotatable bonds is 10. The number of hydrogen-bond acceptors (Lipinski definition) is 11. The number of pyridine rings is 3. The Hall–Kier alpha value is -4.59. The zero-order valence-electron chi connectivity index (χ0n) is 26.2. The van der Waals surface area contributed by atoms with Gasteiger partial charge in [-0.2, -0.15) is 4.98 Å². The van der Waals surface area contributed by atoms with E-state index in [1.165, 1.54) is 26.5 Å². The van der Waals surface area contributed by atoms with E-state index in [-0.39, 0.29) is 28.5 Å². The fourth-order valence-corrected chi connectivity index (χ4v) is 6.24. The third-order valence-electron chi connectivity index (χ3n) is 8.49. The standard InChI is InChI=1S/C32H33Cl2N7O6/c1-38(2)19-14-39(15-19)28-7-5-18(13-35-28)41-16-21(32(43)44)30(42)20-11-23(34)26(12-25(20)41)40-10-9-24(37-46-4)27(40)17-47-31-22(33)6-8-29(36-31)45-3/h5-8,11-13,16,19,27H,9-10,14-15,17H2,1-4H3,(H,43,44)/b37-24+. The van der Waals surface area contributed by atoms with E-state index < -0.39 is 17.4 Å². The summed E-state index contributed by atoms with van der Waals surface area (Å²) < 4.78 is 12.9. The fraction of sp³-hybridized carbons (Fsp3) is 0.344. The number of nitrogens with zero attached hydrogens (tertiary/aromatic N) is 7. The Morgan fingerprint density at radius 3 is 2.57 bits per heavy atom. The molecule has 3 aromatic heterocycles. The van der Waals surface area contributed by atoms with Gasteiger partial charge >= 0.3 is 5.97 Å². The Morgan fingerprint density at radius 2 is 1.91 bits per heavy atom. The van der Waals surface area contributed by atoms with Gasteiger partial charge in [-0.05, 0) is 44.4 Å². The Kier molecular flexibility index (Phi) is 9.13. The summed E-state index contributed by atoms with van der Waals surface area (Å²) in [5.41, 5.74) is 1.32. The number of carbonyl (C=O) groups is 1. The second-order valence-corrected chi connectivity index (χ2v) is 12.3. The quantitative estimate of drug-likeness (QED) is 0.241. The van der Waals surface area contributed by atoms with Crippen LogP contribution in [0.4, 0.5) is 11.5 Å². The monoisotopic (exact) mass is 681 g/mol. The fourth-order valence-electron chi connectivity index (χ4n) is 5.81. The molecule has 13 nitrogen and oxygen atoms in total. The van der Waals surface area contributed by atoms with Gasteiger partial charge in [-0.3, -0.25) is 4.79 Å². The lowest BCUT2D eigenvalue weighted by molar-refractivity contribution is 0.0695. The molecule has 0 radical (unpaired) electrons. The molecule has 0 spiro atoms. The van der Waals surface area contributed by atoms with Crippen LogP contribution in [0.25, 0.3) is 16.6 Å². The number of carboxylic acids is 1. The van der Waals surface area contributed by atoms with Crippen LogP contribution in [-0.2, 0) is 4.84 Å².